The molecule has 1 unspecified atom stereocenters. The summed E-state index contributed by atoms with van der Waals surface area (Å²) in [6, 6.07) is 2.67. The van der Waals surface area contributed by atoms with Crippen molar-refractivity contribution in [2.24, 2.45) is 0 Å². The minimum absolute atomic E-state index is 0.500. The lowest BCUT2D eigenvalue weighted by Gasteiger charge is -2.35. The molecular formula is C20H34N6OS. The smallest absolute Gasteiger partial charge is 0.232 e. The van der Waals surface area contributed by atoms with E-state index in [9.17, 15) is 0 Å². The highest BCUT2D eigenvalue weighted by molar-refractivity contribution is 7.80. The molecule has 2 aliphatic rings. The van der Waals surface area contributed by atoms with Crippen molar-refractivity contribution in [2.45, 2.75) is 57.9 Å². The lowest BCUT2D eigenvalue weighted by molar-refractivity contribution is 0.204. The van der Waals surface area contributed by atoms with E-state index in [1.807, 2.05) is 0 Å². The molecule has 3 heterocycles. The highest BCUT2D eigenvalue weighted by Crippen LogP contribution is 2.28. The number of nitrogens with one attached hydrogen (secondary N) is 2. The van der Waals surface area contributed by atoms with Crippen LogP contribution in [0.1, 0.15) is 51.9 Å². The Morgan fingerprint density at radius 1 is 1.11 bits per heavy atom. The van der Waals surface area contributed by atoms with Crippen LogP contribution in [0.2, 0.25) is 0 Å². The molecule has 0 bridgehead atoms. The molecule has 156 valence electrons. The summed E-state index contributed by atoms with van der Waals surface area (Å²) in [6.07, 6.45) is 8.76. The molecule has 3 rings (SSSR count). The summed E-state index contributed by atoms with van der Waals surface area (Å²) < 4.78 is 5.07. The second-order valence-electron chi connectivity index (χ2n) is 7.72. The number of piperidine rings is 1. The Labute approximate surface area is 174 Å². The number of hydrogen-bond acceptors (Lipinski definition) is 6. The van der Waals surface area contributed by atoms with Gasteiger partial charge in [0, 0.05) is 45.4 Å². The predicted octanol–water partition coefficient (Wildman–Crippen LogP) is 3.17. The van der Waals surface area contributed by atoms with Gasteiger partial charge in [0.2, 0.25) is 5.95 Å². The average Bonchev–Trinajstić information content (AvgIpc) is 2.98. The number of ether oxygens (including phenoxy) is 1. The van der Waals surface area contributed by atoms with E-state index in [1.165, 1.54) is 44.9 Å². The maximum Gasteiger partial charge on any atom is 0.232 e. The Hall–Kier alpha value is -1.67. The number of hydrogen-bond donors (Lipinski definition) is 2. The molecule has 2 fully saturated rings. The van der Waals surface area contributed by atoms with Crippen molar-refractivity contribution < 1.29 is 4.74 Å². The molecule has 0 amide bonds. The van der Waals surface area contributed by atoms with Crippen LogP contribution in [-0.2, 0) is 4.74 Å². The van der Waals surface area contributed by atoms with Crippen molar-refractivity contribution >= 4 is 34.9 Å². The van der Waals surface area contributed by atoms with Crippen LogP contribution >= 0.6 is 12.2 Å². The van der Waals surface area contributed by atoms with Crippen LogP contribution in [0.3, 0.4) is 0 Å². The van der Waals surface area contributed by atoms with E-state index in [0.717, 1.165) is 31.3 Å². The number of rotatable bonds is 6. The van der Waals surface area contributed by atoms with Gasteiger partial charge in [0.15, 0.2) is 5.11 Å². The zero-order valence-electron chi connectivity index (χ0n) is 17.2. The third-order valence-electron chi connectivity index (χ3n) is 5.54. The van der Waals surface area contributed by atoms with Crippen LogP contribution in [0.4, 0.5) is 17.6 Å². The van der Waals surface area contributed by atoms with Crippen LogP contribution in [0.25, 0.3) is 0 Å². The molecule has 2 N–H and O–H groups in total. The van der Waals surface area contributed by atoms with E-state index in [2.05, 4.69) is 33.4 Å². The van der Waals surface area contributed by atoms with E-state index in [4.69, 9.17) is 26.9 Å². The largest absolute Gasteiger partial charge is 0.383 e. The van der Waals surface area contributed by atoms with Crippen LogP contribution in [0.5, 0.6) is 0 Å². The Kier molecular flexibility index (Phi) is 8.09. The normalized spacial score (nSPS) is 20.6. The van der Waals surface area contributed by atoms with Gasteiger partial charge in [-0.3, -0.25) is 0 Å². The predicted molar refractivity (Wildman–Crippen MR) is 119 cm³/mol. The van der Waals surface area contributed by atoms with Gasteiger partial charge in [0.25, 0.3) is 0 Å². The first-order valence-electron chi connectivity index (χ1n) is 10.6. The number of nitrogens with zero attached hydrogens (tertiary/aromatic N) is 4. The quantitative estimate of drug-likeness (QED) is 0.552. The van der Waals surface area contributed by atoms with Crippen molar-refractivity contribution in [3.8, 4) is 0 Å². The molecule has 8 heteroatoms. The fraction of sp³-hybridized carbons (Fsp3) is 0.750. The van der Waals surface area contributed by atoms with Crippen LogP contribution in [0.15, 0.2) is 6.07 Å². The summed E-state index contributed by atoms with van der Waals surface area (Å²) in [5, 5.41) is 6.85. The second-order valence-corrected chi connectivity index (χ2v) is 8.13. The van der Waals surface area contributed by atoms with Crippen molar-refractivity contribution in [3.05, 3.63) is 6.07 Å². The standard InChI is InChI=1S/C20H34N6OS/c1-16-9-5-8-13-26(16)18-15-17(25-11-6-3-4-7-12-25)22-19(23-18)24-20(28)21-10-14-27-2/h15-16H,3-14H2,1-2H3,(H2,21,22,23,24,28). The molecule has 1 aromatic heterocycles. The Morgan fingerprint density at radius 3 is 2.54 bits per heavy atom. The van der Waals surface area contributed by atoms with Crippen LogP contribution in [0, 0.1) is 0 Å². The number of anilines is 3. The van der Waals surface area contributed by atoms with E-state index in [-0.39, 0.29) is 0 Å². The van der Waals surface area contributed by atoms with Crippen molar-refractivity contribution in [2.75, 3.05) is 55.0 Å². The third kappa shape index (κ3) is 5.91. The Morgan fingerprint density at radius 2 is 1.82 bits per heavy atom. The van der Waals surface area contributed by atoms with E-state index >= 15 is 0 Å². The SMILES string of the molecule is COCCNC(=S)Nc1nc(N2CCCCCC2)cc(N2CCCCC2C)n1. The monoisotopic (exact) mass is 406 g/mol. The number of thiocarbonyl (C=S) groups is 1. The lowest BCUT2D eigenvalue weighted by atomic mass is 10.0. The van der Waals surface area contributed by atoms with Gasteiger partial charge in [0.1, 0.15) is 11.6 Å². The van der Waals surface area contributed by atoms with E-state index in [0.29, 0.717) is 30.3 Å². The summed E-state index contributed by atoms with van der Waals surface area (Å²) >= 11 is 5.41. The van der Waals surface area contributed by atoms with Crippen LogP contribution in [-0.4, -0.2) is 61.0 Å². The zero-order valence-corrected chi connectivity index (χ0v) is 18.1. The molecule has 0 aliphatic carbocycles. The van der Waals surface area contributed by atoms with Crippen LogP contribution < -0.4 is 20.4 Å². The molecule has 0 aromatic carbocycles. The highest BCUT2D eigenvalue weighted by atomic mass is 32.1. The second kappa shape index (κ2) is 10.8. The van der Waals surface area contributed by atoms with Gasteiger partial charge in [-0.25, -0.2) is 0 Å². The molecule has 1 aromatic rings. The minimum Gasteiger partial charge on any atom is -0.383 e. The fourth-order valence-corrected chi connectivity index (χ4v) is 4.13. The number of methoxy groups -OCH3 is 1. The maximum atomic E-state index is 5.41. The summed E-state index contributed by atoms with van der Waals surface area (Å²) in [7, 11) is 1.68. The van der Waals surface area contributed by atoms with Gasteiger partial charge < -0.3 is 25.2 Å². The molecule has 0 saturated carbocycles. The minimum atomic E-state index is 0.500. The Bertz CT molecular complexity index is 635. The fourth-order valence-electron chi connectivity index (χ4n) is 3.94. The molecular weight excluding hydrogens is 372 g/mol. The first kappa shape index (κ1) is 21.0. The topological polar surface area (TPSA) is 65.6 Å². The molecule has 28 heavy (non-hydrogen) atoms. The van der Waals surface area contributed by atoms with Gasteiger partial charge in [-0.05, 0) is 51.2 Å². The van der Waals surface area contributed by atoms with Crippen molar-refractivity contribution in [1.82, 2.24) is 15.3 Å². The first-order valence-corrected chi connectivity index (χ1v) is 11.0. The first-order chi connectivity index (χ1) is 13.7. The highest BCUT2D eigenvalue weighted by Gasteiger charge is 2.22. The van der Waals surface area contributed by atoms with Crippen molar-refractivity contribution in [3.63, 3.8) is 0 Å². The third-order valence-corrected chi connectivity index (χ3v) is 5.79. The summed E-state index contributed by atoms with van der Waals surface area (Å²) in [6.45, 7) is 6.71. The molecule has 0 spiro atoms. The summed E-state index contributed by atoms with van der Waals surface area (Å²) in [4.78, 5) is 14.4. The van der Waals surface area contributed by atoms with Gasteiger partial charge in [0.05, 0.1) is 6.61 Å². The van der Waals surface area contributed by atoms with Gasteiger partial charge in [-0.1, -0.05) is 12.8 Å². The molecule has 7 nitrogen and oxygen atoms in total. The van der Waals surface area contributed by atoms with Gasteiger partial charge >= 0.3 is 0 Å². The maximum absolute atomic E-state index is 5.41. The summed E-state index contributed by atoms with van der Waals surface area (Å²) in [5.74, 6) is 2.58. The lowest BCUT2D eigenvalue weighted by Crippen LogP contribution is -2.39. The Balaban J connectivity index is 1.81. The zero-order chi connectivity index (χ0) is 19.8. The van der Waals surface area contributed by atoms with Gasteiger partial charge in [-0.15, -0.1) is 0 Å². The van der Waals surface area contributed by atoms with E-state index < -0.39 is 0 Å². The molecule has 0 radical (unpaired) electrons. The molecule has 2 saturated heterocycles. The summed E-state index contributed by atoms with van der Waals surface area (Å²) in [5.41, 5.74) is 0. The molecule has 2 aliphatic heterocycles. The van der Waals surface area contributed by atoms with E-state index in [1.54, 1.807) is 7.11 Å². The van der Waals surface area contributed by atoms with Crippen molar-refractivity contribution in [1.29, 1.82) is 0 Å². The van der Waals surface area contributed by atoms with Gasteiger partial charge in [-0.2, -0.15) is 9.97 Å². The molecule has 1 atom stereocenters. The number of aromatic nitrogens is 2. The average molecular weight is 407 g/mol.